The van der Waals surface area contributed by atoms with Crippen LogP contribution in [0.1, 0.15) is 5.56 Å². The zero-order valence-electron chi connectivity index (χ0n) is 10.9. The Bertz CT molecular complexity index is 540. The van der Waals surface area contributed by atoms with Crippen LogP contribution in [0.5, 0.6) is 11.5 Å². The summed E-state index contributed by atoms with van der Waals surface area (Å²) in [7, 11) is 3.28. The standard InChI is InChI=1S/C15H15FO2S/c1-17-13-5-8-15(18-2)11(9-13)10-19-14-6-3-12(16)4-7-14/h3-9H,10H2,1-2H3. The normalized spacial score (nSPS) is 10.3. The van der Waals surface area contributed by atoms with Crippen LogP contribution < -0.4 is 9.47 Å². The molecule has 2 aromatic carbocycles. The molecule has 0 spiro atoms. The molecular formula is C15H15FO2S. The van der Waals surface area contributed by atoms with E-state index in [0.717, 1.165) is 27.7 Å². The Kier molecular flexibility index (Phi) is 4.68. The third-order valence-corrected chi connectivity index (χ3v) is 3.76. The minimum Gasteiger partial charge on any atom is -0.497 e. The number of benzene rings is 2. The number of hydrogen-bond acceptors (Lipinski definition) is 3. The summed E-state index contributed by atoms with van der Waals surface area (Å²) in [6.07, 6.45) is 0. The molecule has 0 aromatic heterocycles. The first kappa shape index (κ1) is 13.7. The minimum atomic E-state index is -0.219. The Hall–Kier alpha value is -1.68. The van der Waals surface area contributed by atoms with Gasteiger partial charge in [0.15, 0.2) is 0 Å². The molecule has 0 saturated carbocycles. The Morgan fingerprint density at radius 2 is 1.74 bits per heavy atom. The molecule has 0 unspecified atom stereocenters. The fraction of sp³-hybridized carbons (Fsp3) is 0.200. The molecule has 0 aliphatic rings. The Balaban J connectivity index is 2.11. The van der Waals surface area contributed by atoms with Crippen LogP contribution in [-0.2, 0) is 5.75 Å². The molecule has 2 rings (SSSR count). The smallest absolute Gasteiger partial charge is 0.123 e. The highest BCUT2D eigenvalue weighted by atomic mass is 32.2. The summed E-state index contributed by atoms with van der Waals surface area (Å²) >= 11 is 1.63. The first-order valence-corrected chi connectivity index (χ1v) is 6.81. The van der Waals surface area contributed by atoms with Crippen LogP contribution in [0.15, 0.2) is 47.4 Å². The van der Waals surface area contributed by atoms with Gasteiger partial charge in [-0.2, -0.15) is 0 Å². The van der Waals surface area contributed by atoms with Crippen molar-refractivity contribution in [2.45, 2.75) is 10.6 Å². The summed E-state index contributed by atoms with van der Waals surface area (Å²) in [6, 6.07) is 12.2. The van der Waals surface area contributed by atoms with Gasteiger partial charge in [0.1, 0.15) is 17.3 Å². The van der Waals surface area contributed by atoms with E-state index in [0.29, 0.717) is 0 Å². The van der Waals surface area contributed by atoms with Crippen LogP contribution in [0.25, 0.3) is 0 Å². The minimum absolute atomic E-state index is 0.219. The van der Waals surface area contributed by atoms with Crippen molar-refractivity contribution in [1.29, 1.82) is 0 Å². The average Bonchev–Trinajstić information content (AvgIpc) is 2.46. The SMILES string of the molecule is COc1ccc(OC)c(CSc2ccc(F)cc2)c1. The van der Waals surface area contributed by atoms with E-state index in [1.807, 2.05) is 18.2 Å². The fourth-order valence-electron chi connectivity index (χ4n) is 1.69. The van der Waals surface area contributed by atoms with Crippen LogP contribution in [0.3, 0.4) is 0 Å². The Morgan fingerprint density at radius 3 is 2.37 bits per heavy atom. The highest BCUT2D eigenvalue weighted by Crippen LogP contribution is 2.30. The number of rotatable bonds is 5. The zero-order valence-corrected chi connectivity index (χ0v) is 11.7. The highest BCUT2D eigenvalue weighted by molar-refractivity contribution is 7.98. The molecule has 0 N–H and O–H groups in total. The van der Waals surface area contributed by atoms with Crippen LogP contribution in [-0.4, -0.2) is 14.2 Å². The molecule has 4 heteroatoms. The van der Waals surface area contributed by atoms with Gasteiger partial charge in [-0.1, -0.05) is 0 Å². The van der Waals surface area contributed by atoms with E-state index in [2.05, 4.69) is 0 Å². The molecule has 2 aromatic rings. The molecule has 0 atom stereocenters. The lowest BCUT2D eigenvalue weighted by Gasteiger charge is -2.10. The van der Waals surface area contributed by atoms with Gasteiger partial charge in [0, 0.05) is 16.2 Å². The second-order valence-electron chi connectivity index (χ2n) is 3.92. The summed E-state index contributed by atoms with van der Waals surface area (Å²) in [5, 5.41) is 0. The molecule has 100 valence electrons. The summed E-state index contributed by atoms with van der Waals surface area (Å²) < 4.78 is 23.4. The van der Waals surface area contributed by atoms with E-state index in [9.17, 15) is 4.39 Å². The van der Waals surface area contributed by atoms with Crippen molar-refractivity contribution in [1.82, 2.24) is 0 Å². The lowest BCUT2D eigenvalue weighted by atomic mass is 10.2. The quantitative estimate of drug-likeness (QED) is 0.766. The zero-order chi connectivity index (χ0) is 13.7. The van der Waals surface area contributed by atoms with Crippen molar-refractivity contribution in [3.63, 3.8) is 0 Å². The number of halogens is 1. The second kappa shape index (κ2) is 6.48. The lowest BCUT2D eigenvalue weighted by Crippen LogP contribution is -1.92. The van der Waals surface area contributed by atoms with Crippen molar-refractivity contribution in [2.24, 2.45) is 0 Å². The monoisotopic (exact) mass is 278 g/mol. The predicted octanol–water partition coefficient (Wildman–Crippen LogP) is 4.14. The third kappa shape index (κ3) is 3.64. The Labute approximate surface area is 116 Å². The van der Waals surface area contributed by atoms with Crippen molar-refractivity contribution in [3.05, 3.63) is 53.8 Å². The van der Waals surface area contributed by atoms with Crippen LogP contribution in [0.4, 0.5) is 4.39 Å². The molecule has 0 saturated heterocycles. The topological polar surface area (TPSA) is 18.5 Å². The van der Waals surface area contributed by atoms with E-state index < -0.39 is 0 Å². The van der Waals surface area contributed by atoms with Crippen molar-refractivity contribution in [2.75, 3.05) is 14.2 Å². The van der Waals surface area contributed by atoms with Gasteiger partial charge < -0.3 is 9.47 Å². The van der Waals surface area contributed by atoms with Gasteiger partial charge in [-0.05, 0) is 42.5 Å². The summed E-state index contributed by atoms with van der Waals surface area (Å²) in [5.41, 5.74) is 1.05. The van der Waals surface area contributed by atoms with Gasteiger partial charge in [-0.25, -0.2) is 4.39 Å². The highest BCUT2D eigenvalue weighted by Gasteiger charge is 2.06. The summed E-state index contributed by atoms with van der Waals surface area (Å²) in [4.78, 5) is 1.02. The van der Waals surface area contributed by atoms with E-state index in [1.165, 1.54) is 12.1 Å². The fourth-order valence-corrected chi connectivity index (χ4v) is 2.56. The van der Waals surface area contributed by atoms with Crippen LogP contribution in [0, 0.1) is 5.82 Å². The van der Waals surface area contributed by atoms with E-state index in [-0.39, 0.29) is 5.82 Å². The first-order valence-electron chi connectivity index (χ1n) is 5.82. The van der Waals surface area contributed by atoms with Gasteiger partial charge in [0.05, 0.1) is 14.2 Å². The number of thioether (sulfide) groups is 1. The maximum atomic E-state index is 12.8. The maximum Gasteiger partial charge on any atom is 0.123 e. The molecule has 0 radical (unpaired) electrons. The van der Waals surface area contributed by atoms with Gasteiger partial charge in [-0.3, -0.25) is 0 Å². The number of methoxy groups -OCH3 is 2. The molecule has 0 fully saturated rings. The van der Waals surface area contributed by atoms with E-state index in [4.69, 9.17) is 9.47 Å². The lowest BCUT2D eigenvalue weighted by molar-refractivity contribution is 0.400. The maximum absolute atomic E-state index is 12.8. The van der Waals surface area contributed by atoms with Crippen molar-refractivity contribution >= 4 is 11.8 Å². The summed E-state index contributed by atoms with van der Waals surface area (Å²) in [6.45, 7) is 0. The second-order valence-corrected chi connectivity index (χ2v) is 4.97. The summed E-state index contributed by atoms with van der Waals surface area (Å²) in [5.74, 6) is 2.15. The van der Waals surface area contributed by atoms with Crippen LogP contribution in [0.2, 0.25) is 0 Å². The molecule has 0 aliphatic heterocycles. The molecule has 2 nitrogen and oxygen atoms in total. The molecule has 0 amide bonds. The molecule has 19 heavy (non-hydrogen) atoms. The number of hydrogen-bond donors (Lipinski definition) is 0. The molecule has 0 aliphatic carbocycles. The third-order valence-electron chi connectivity index (χ3n) is 2.70. The average molecular weight is 278 g/mol. The predicted molar refractivity (Wildman–Crippen MR) is 75.5 cm³/mol. The van der Waals surface area contributed by atoms with Crippen LogP contribution >= 0.6 is 11.8 Å². The molecule has 0 heterocycles. The van der Waals surface area contributed by atoms with Gasteiger partial charge in [0.25, 0.3) is 0 Å². The molecular weight excluding hydrogens is 263 g/mol. The van der Waals surface area contributed by atoms with Crippen molar-refractivity contribution < 1.29 is 13.9 Å². The van der Waals surface area contributed by atoms with Crippen molar-refractivity contribution in [3.8, 4) is 11.5 Å². The number of ether oxygens (including phenoxy) is 2. The van der Waals surface area contributed by atoms with Gasteiger partial charge in [-0.15, -0.1) is 11.8 Å². The van der Waals surface area contributed by atoms with E-state index in [1.54, 1.807) is 38.1 Å². The Morgan fingerprint density at radius 1 is 1.00 bits per heavy atom. The van der Waals surface area contributed by atoms with Gasteiger partial charge >= 0.3 is 0 Å². The largest absolute Gasteiger partial charge is 0.497 e. The molecule has 0 bridgehead atoms. The first-order chi connectivity index (χ1) is 9.22. The van der Waals surface area contributed by atoms with Gasteiger partial charge in [0.2, 0.25) is 0 Å². The van der Waals surface area contributed by atoms with E-state index >= 15 is 0 Å².